The van der Waals surface area contributed by atoms with Crippen molar-refractivity contribution < 1.29 is 31.2 Å². The number of anilines is 1. The lowest BCUT2D eigenvalue weighted by atomic mass is 10.1. The number of carbonyl (C=O) groups excluding carboxylic acids is 2. The first-order valence-electron chi connectivity index (χ1n) is 12.1. The van der Waals surface area contributed by atoms with Crippen LogP contribution in [0, 0.1) is 0 Å². The van der Waals surface area contributed by atoms with Crippen LogP contribution in [0.4, 0.5) is 18.9 Å². The van der Waals surface area contributed by atoms with Gasteiger partial charge in [-0.2, -0.15) is 13.2 Å². The molecule has 210 valence electrons. The molecule has 12 heteroatoms. The summed E-state index contributed by atoms with van der Waals surface area (Å²) in [5, 5.41) is 3.25. The quantitative estimate of drug-likeness (QED) is 0.375. The number of carbonyl (C=O) groups is 2. The lowest BCUT2D eigenvalue weighted by Crippen LogP contribution is -2.50. The van der Waals surface area contributed by atoms with Crippen LogP contribution in [0.1, 0.15) is 51.2 Å². The molecular weight excluding hydrogens is 543 g/mol. The first kappa shape index (κ1) is 31.4. The Morgan fingerprint density at radius 3 is 2.29 bits per heavy atom. The zero-order chi connectivity index (χ0) is 28.7. The van der Waals surface area contributed by atoms with Gasteiger partial charge >= 0.3 is 6.18 Å². The first-order valence-corrected chi connectivity index (χ1v) is 14.4. The fraction of sp³-hybridized carbons (Fsp3) is 0.462. The molecule has 2 aromatic rings. The van der Waals surface area contributed by atoms with Gasteiger partial charge in [0.1, 0.15) is 6.04 Å². The number of halogens is 4. The largest absolute Gasteiger partial charge is 0.416 e. The van der Waals surface area contributed by atoms with Crippen LogP contribution >= 0.6 is 11.6 Å². The van der Waals surface area contributed by atoms with Crippen LogP contribution in [0.15, 0.2) is 48.5 Å². The van der Waals surface area contributed by atoms with E-state index in [2.05, 4.69) is 5.32 Å². The number of hydrogen-bond acceptors (Lipinski definition) is 4. The minimum atomic E-state index is -4.64. The lowest BCUT2D eigenvalue weighted by molar-refractivity contribution is -0.141. The Morgan fingerprint density at radius 1 is 1.08 bits per heavy atom. The van der Waals surface area contributed by atoms with E-state index >= 15 is 0 Å². The number of sulfonamides is 1. The maximum atomic E-state index is 13.4. The average Bonchev–Trinajstić information content (AvgIpc) is 2.81. The van der Waals surface area contributed by atoms with Gasteiger partial charge in [-0.3, -0.25) is 13.9 Å². The highest BCUT2D eigenvalue weighted by atomic mass is 35.5. The van der Waals surface area contributed by atoms with Crippen molar-refractivity contribution >= 4 is 39.1 Å². The average molecular weight is 576 g/mol. The summed E-state index contributed by atoms with van der Waals surface area (Å²) in [5.41, 5.74) is -0.488. The molecule has 2 amide bonds. The van der Waals surface area contributed by atoms with E-state index in [9.17, 15) is 31.2 Å². The molecule has 0 saturated heterocycles. The van der Waals surface area contributed by atoms with Crippen LogP contribution in [-0.2, 0) is 32.3 Å². The Hall–Kier alpha value is -2.79. The van der Waals surface area contributed by atoms with E-state index in [1.165, 1.54) is 11.0 Å². The number of nitrogens with zero attached hydrogens (tertiary/aromatic N) is 2. The number of alkyl halides is 3. The van der Waals surface area contributed by atoms with E-state index in [4.69, 9.17) is 11.6 Å². The van der Waals surface area contributed by atoms with Gasteiger partial charge in [-0.05, 0) is 56.5 Å². The van der Waals surface area contributed by atoms with E-state index in [0.29, 0.717) is 17.0 Å². The molecule has 0 radical (unpaired) electrons. The van der Waals surface area contributed by atoms with Crippen molar-refractivity contribution in [3.05, 3.63) is 64.7 Å². The summed E-state index contributed by atoms with van der Waals surface area (Å²) < 4.78 is 65.2. The summed E-state index contributed by atoms with van der Waals surface area (Å²) >= 11 is 6.30. The maximum Gasteiger partial charge on any atom is 0.416 e. The van der Waals surface area contributed by atoms with E-state index < -0.39 is 33.7 Å². The second kappa shape index (κ2) is 13.3. The zero-order valence-electron chi connectivity index (χ0n) is 21.8. The zero-order valence-corrected chi connectivity index (χ0v) is 23.3. The van der Waals surface area contributed by atoms with Crippen molar-refractivity contribution in [1.29, 1.82) is 0 Å². The van der Waals surface area contributed by atoms with E-state index in [0.717, 1.165) is 28.8 Å². The minimum absolute atomic E-state index is 0.0173. The molecule has 2 aromatic carbocycles. The van der Waals surface area contributed by atoms with Crippen LogP contribution in [0.25, 0.3) is 0 Å². The van der Waals surface area contributed by atoms with Gasteiger partial charge in [0.25, 0.3) is 0 Å². The van der Waals surface area contributed by atoms with Gasteiger partial charge in [-0.25, -0.2) is 8.42 Å². The van der Waals surface area contributed by atoms with Gasteiger partial charge in [-0.1, -0.05) is 42.8 Å². The van der Waals surface area contributed by atoms with E-state index in [1.807, 2.05) is 0 Å². The molecule has 2 rings (SSSR count). The van der Waals surface area contributed by atoms with Crippen molar-refractivity contribution in [1.82, 2.24) is 10.2 Å². The Morgan fingerprint density at radius 2 is 1.74 bits per heavy atom. The number of rotatable bonds is 12. The molecule has 0 heterocycles. The van der Waals surface area contributed by atoms with Crippen molar-refractivity contribution in [3.63, 3.8) is 0 Å². The van der Waals surface area contributed by atoms with Gasteiger partial charge < -0.3 is 10.2 Å². The van der Waals surface area contributed by atoms with Crippen LogP contribution in [-0.4, -0.2) is 50.0 Å². The van der Waals surface area contributed by atoms with Crippen molar-refractivity contribution in [2.75, 3.05) is 17.1 Å². The SMILES string of the molecule is CC[C@H](C(=O)NC(C)C)N(Cc1ccccc1Cl)C(=O)CCCN(c1cccc(C(F)(F)F)c1)S(C)(=O)=O. The van der Waals surface area contributed by atoms with Gasteiger partial charge in [0.15, 0.2) is 0 Å². The summed E-state index contributed by atoms with van der Waals surface area (Å²) in [7, 11) is -3.94. The normalized spacial score (nSPS) is 12.8. The molecule has 1 N–H and O–H groups in total. The molecule has 7 nitrogen and oxygen atoms in total. The predicted octanol–water partition coefficient (Wildman–Crippen LogP) is 5.24. The molecule has 0 aliphatic heterocycles. The third-order valence-corrected chi connectivity index (χ3v) is 7.29. The fourth-order valence-electron chi connectivity index (χ4n) is 3.95. The molecule has 0 unspecified atom stereocenters. The molecule has 0 aromatic heterocycles. The molecule has 0 aliphatic carbocycles. The Balaban J connectivity index is 2.27. The summed E-state index contributed by atoms with van der Waals surface area (Å²) in [5.74, 6) is -0.738. The standard InChI is InChI=1S/C26H33ClF3N3O4S/c1-5-23(25(35)31-18(2)3)32(17-19-10-6-7-13-22(19)27)24(34)14-9-15-33(38(4,36)37)21-12-8-11-20(16-21)26(28,29)30/h6-8,10-13,16,18,23H,5,9,14-15,17H2,1-4H3,(H,31,35)/t23-/m1/s1. The van der Waals surface area contributed by atoms with Crippen LogP contribution in [0.3, 0.4) is 0 Å². The molecular formula is C26H33ClF3N3O4S. The molecule has 0 fully saturated rings. The predicted molar refractivity (Wildman–Crippen MR) is 142 cm³/mol. The van der Waals surface area contributed by atoms with Crippen molar-refractivity contribution in [3.8, 4) is 0 Å². The highest BCUT2D eigenvalue weighted by Crippen LogP contribution is 2.32. The summed E-state index contributed by atoms with van der Waals surface area (Å²) in [4.78, 5) is 27.7. The van der Waals surface area contributed by atoms with Crippen molar-refractivity contribution in [2.45, 2.75) is 64.8 Å². The second-order valence-electron chi connectivity index (χ2n) is 9.19. The van der Waals surface area contributed by atoms with Gasteiger partial charge in [0, 0.05) is 30.6 Å². The minimum Gasteiger partial charge on any atom is -0.352 e. The third-order valence-electron chi connectivity index (χ3n) is 5.73. The number of amides is 2. The van der Waals surface area contributed by atoms with Crippen LogP contribution < -0.4 is 9.62 Å². The second-order valence-corrected chi connectivity index (χ2v) is 11.5. The van der Waals surface area contributed by atoms with Crippen LogP contribution in [0.2, 0.25) is 5.02 Å². The summed E-state index contributed by atoms with van der Waals surface area (Å²) in [6.07, 6.45) is -3.54. The number of nitrogens with one attached hydrogen (secondary N) is 1. The summed E-state index contributed by atoms with van der Waals surface area (Å²) in [6.45, 7) is 5.22. The first-order chi connectivity index (χ1) is 17.6. The topological polar surface area (TPSA) is 86.8 Å². The fourth-order valence-corrected chi connectivity index (χ4v) is 5.10. The van der Waals surface area contributed by atoms with Gasteiger partial charge in [0.2, 0.25) is 21.8 Å². The number of benzene rings is 2. The third kappa shape index (κ3) is 8.90. The van der Waals surface area contributed by atoms with Gasteiger partial charge in [0.05, 0.1) is 17.5 Å². The lowest BCUT2D eigenvalue weighted by Gasteiger charge is -2.32. The molecule has 0 saturated carbocycles. The highest BCUT2D eigenvalue weighted by molar-refractivity contribution is 7.92. The summed E-state index contributed by atoms with van der Waals surface area (Å²) in [6, 6.07) is 10.00. The molecule has 0 aliphatic rings. The molecule has 1 atom stereocenters. The molecule has 38 heavy (non-hydrogen) atoms. The molecule has 0 spiro atoms. The van der Waals surface area contributed by atoms with Gasteiger partial charge in [-0.15, -0.1) is 0 Å². The maximum absolute atomic E-state index is 13.4. The van der Waals surface area contributed by atoms with E-state index in [1.54, 1.807) is 45.0 Å². The highest BCUT2D eigenvalue weighted by Gasteiger charge is 2.32. The van der Waals surface area contributed by atoms with E-state index in [-0.39, 0.29) is 43.6 Å². The van der Waals surface area contributed by atoms with Crippen molar-refractivity contribution in [2.24, 2.45) is 0 Å². The smallest absolute Gasteiger partial charge is 0.352 e. The Labute approximate surface area is 227 Å². The molecule has 0 bridgehead atoms. The Bertz CT molecular complexity index is 1220. The monoisotopic (exact) mass is 575 g/mol. The number of hydrogen-bond donors (Lipinski definition) is 1. The van der Waals surface area contributed by atoms with Crippen LogP contribution in [0.5, 0.6) is 0 Å². The Kier molecular flexibility index (Phi) is 11.0.